The van der Waals surface area contributed by atoms with Crippen molar-refractivity contribution in [2.75, 3.05) is 0 Å². The normalized spacial score (nSPS) is 14.6. The van der Waals surface area contributed by atoms with E-state index < -0.39 is 0 Å². The predicted octanol–water partition coefficient (Wildman–Crippen LogP) is 3.72. The van der Waals surface area contributed by atoms with E-state index >= 15 is 0 Å². The molecule has 0 N–H and O–H groups in total. The smallest absolute Gasteiger partial charge is 0.130 e. The van der Waals surface area contributed by atoms with Gasteiger partial charge in [0.05, 0.1) is 6.26 Å². The standard InChI is InChI=1S/C14H18O/c1-14(2,3)10-11-6-7-12-5-4-8-15-13(12)9-11/h4,6-9H,5,10H2,1-3H3. The van der Waals surface area contributed by atoms with Crippen molar-refractivity contribution in [2.24, 2.45) is 5.41 Å². The van der Waals surface area contributed by atoms with Gasteiger partial charge < -0.3 is 4.74 Å². The van der Waals surface area contributed by atoms with Crippen molar-refractivity contribution >= 4 is 0 Å². The molecular formula is C14H18O. The Morgan fingerprint density at radius 2 is 2.07 bits per heavy atom. The molecular weight excluding hydrogens is 184 g/mol. The number of fused-ring (bicyclic) bond motifs is 1. The fourth-order valence-electron chi connectivity index (χ4n) is 1.90. The highest BCUT2D eigenvalue weighted by Gasteiger charge is 2.13. The molecule has 0 fully saturated rings. The van der Waals surface area contributed by atoms with E-state index in [0.29, 0.717) is 5.41 Å². The first-order chi connectivity index (χ1) is 7.04. The van der Waals surface area contributed by atoms with Crippen LogP contribution in [-0.4, -0.2) is 0 Å². The third-order valence-corrected chi connectivity index (χ3v) is 2.50. The number of ether oxygens (including phenoxy) is 1. The fraction of sp³-hybridized carbons (Fsp3) is 0.429. The van der Waals surface area contributed by atoms with Crippen LogP contribution < -0.4 is 4.74 Å². The molecule has 1 aliphatic rings. The highest BCUT2D eigenvalue weighted by molar-refractivity contribution is 5.41. The lowest BCUT2D eigenvalue weighted by Gasteiger charge is -2.20. The van der Waals surface area contributed by atoms with Crippen molar-refractivity contribution in [3.05, 3.63) is 41.7 Å². The van der Waals surface area contributed by atoms with E-state index in [9.17, 15) is 0 Å². The topological polar surface area (TPSA) is 9.23 Å². The second-order valence-electron chi connectivity index (χ2n) is 5.37. The van der Waals surface area contributed by atoms with Crippen LogP contribution in [0.2, 0.25) is 0 Å². The lowest BCUT2D eigenvalue weighted by atomic mass is 9.87. The molecule has 1 heterocycles. The Balaban J connectivity index is 2.23. The van der Waals surface area contributed by atoms with E-state index in [1.54, 1.807) is 6.26 Å². The Bertz CT molecular complexity index is 383. The summed E-state index contributed by atoms with van der Waals surface area (Å²) in [6.07, 6.45) is 5.91. The van der Waals surface area contributed by atoms with Crippen LogP contribution in [-0.2, 0) is 12.8 Å². The minimum Gasteiger partial charge on any atom is -0.465 e. The molecule has 0 spiro atoms. The van der Waals surface area contributed by atoms with Gasteiger partial charge in [-0.05, 0) is 41.5 Å². The van der Waals surface area contributed by atoms with Gasteiger partial charge in [-0.15, -0.1) is 0 Å². The summed E-state index contributed by atoms with van der Waals surface area (Å²) in [7, 11) is 0. The Hall–Kier alpha value is -1.24. The molecule has 2 rings (SSSR count). The summed E-state index contributed by atoms with van der Waals surface area (Å²) >= 11 is 0. The zero-order valence-electron chi connectivity index (χ0n) is 9.71. The van der Waals surface area contributed by atoms with Gasteiger partial charge in [-0.2, -0.15) is 0 Å². The minimum atomic E-state index is 0.332. The lowest BCUT2D eigenvalue weighted by Crippen LogP contribution is -2.09. The molecule has 0 bridgehead atoms. The van der Waals surface area contributed by atoms with Crippen molar-refractivity contribution < 1.29 is 4.74 Å². The second kappa shape index (κ2) is 3.73. The first-order valence-corrected chi connectivity index (χ1v) is 5.48. The third kappa shape index (κ3) is 2.62. The van der Waals surface area contributed by atoms with Gasteiger partial charge in [0.15, 0.2) is 0 Å². The van der Waals surface area contributed by atoms with E-state index in [1.807, 2.05) is 6.08 Å². The molecule has 0 aliphatic carbocycles. The maximum atomic E-state index is 5.50. The maximum absolute atomic E-state index is 5.50. The summed E-state index contributed by atoms with van der Waals surface area (Å²) < 4.78 is 5.50. The van der Waals surface area contributed by atoms with Crippen molar-refractivity contribution in [3.63, 3.8) is 0 Å². The van der Waals surface area contributed by atoms with Crippen LogP contribution in [0.15, 0.2) is 30.5 Å². The molecule has 80 valence electrons. The lowest BCUT2D eigenvalue weighted by molar-refractivity contribution is 0.409. The monoisotopic (exact) mass is 202 g/mol. The van der Waals surface area contributed by atoms with Crippen LogP contribution in [0.3, 0.4) is 0 Å². The van der Waals surface area contributed by atoms with Gasteiger partial charge in [-0.3, -0.25) is 0 Å². The van der Waals surface area contributed by atoms with Gasteiger partial charge in [0.1, 0.15) is 5.75 Å². The Kier molecular flexibility index (Phi) is 2.56. The second-order valence-corrected chi connectivity index (χ2v) is 5.37. The number of rotatable bonds is 1. The molecule has 0 radical (unpaired) electrons. The van der Waals surface area contributed by atoms with Gasteiger partial charge in [0, 0.05) is 0 Å². The van der Waals surface area contributed by atoms with Gasteiger partial charge >= 0.3 is 0 Å². The van der Waals surface area contributed by atoms with Gasteiger partial charge in [0.2, 0.25) is 0 Å². The Morgan fingerprint density at radius 1 is 1.27 bits per heavy atom. The van der Waals surface area contributed by atoms with E-state index in [4.69, 9.17) is 4.74 Å². The Morgan fingerprint density at radius 3 is 2.80 bits per heavy atom. The molecule has 1 heteroatoms. The zero-order valence-corrected chi connectivity index (χ0v) is 9.71. The number of allylic oxidation sites excluding steroid dienone is 1. The van der Waals surface area contributed by atoms with Crippen LogP contribution in [0.1, 0.15) is 31.9 Å². The Labute approximate surface area is 91.8 Å². The SMILES string of the molecule is CC(C)(C)Cc1ccc2c(c1)OC=CC2. The molecule has 0 amide bonds. The van der Waals surface area contributed by atoms with Crippen LogP contribution in [0, 0.1) is 5.41 Å². The number of hydrogen-bond donors (Lipinski definition) is 0. The van der Waals surface area contributed by atoms with E-state index in [2.05, 4.69) is 39.0 Å². The molecule has 1 nitrogen and oxygen atoms in total. The molecule has 0 saturated carbocycles. The van der Waals surface area contributed by atoms with E-state index in [0.717, 1.165) is 18.6 Å². The van der Waals surface area contributed by atoms with Gasteiger partial charge in [-0.1, -0.05) is 32.9 Å². The van der Waals surface area contributed by atoms with E-state index in [-0.39, 0.29) is 0 Å². The highest BCUT2D eigenvalue weighted by atomic mass is 16.5. The molecule has 1 aromatic carbocycles. The average molecular weight is 202 g/mol. The van der Waals surface area contributed by atoms with Crippen molar-refractivity contribution in [1.29, 1.82) is 0 Å². The predicted molar refractivity (Wildman–Crippen MR) is 63.1 cm³/mol. The zero-order chi connectivity index (χ0) is 10.9. The first kappa shape index (κ1) is 10.3. The van der Waals surface area contributed by atoms with Crippen molar-refractivity contribution in [3.8, 4) is 5.75 Å². The number of hydrogen-bond acceptors (Lipinski definition) is 1. The fourth-order valence-corrected chi connectivity index (χ4v) is 1.90. The van der Waals surface area contributed by atoms with Crippen LogP contribution >= 0.6 is 0 Å². The van der Waals surface area contributed by atoms with Crippen LogP contribution in [0.5, 0.6) is 5.75 Å². The van der Waals surface area contributed by atoms with Crippen LogP contribution in [0.4, 0.5) is 0 Å². The van der Waals surface area contributed by atoms with Gasteiger partial charge in [0.25, 0.3) is 0 Å². The summed E-state index contributed by atoms with van der Waals surface area (Å²) in [5, 5.41) is 0. The van der Waals surface area contributed by atoms with Crippen molar-refractivity contribution in [2.45, 2.75) is 33.6 Å². The van der Waals surface area contributed by atoms with Crippen LogP contribution in [0.25, 0.3) is 0 Å². The first-order valence-electron chi connectivity index (χ1n) is 5.48. The molecule has 1 aliphatic heterocycles. The summed E-state index contributed by atoms with van der Waals surface area (Å²) in [6.45, 7) is 6.77. The summed E-state index contributed by atoms with van der Waals surface area (Å²) in [6, 6.07) is 6.57. The van der Waals surface area contributed by atoms with Crippen molar-refractivity contribution in [1.82, 2.24) is 0 Å². The minimum absolute atomic E-state index is 0.332. The quantitative estimate of drug-likeness (QED) is 0.674. The maximum Gasteiger partial charge on any atom is 0.130 e. The summed E-state index contributed by atoms with van der Waals surface area (Å²) in [5.41, 5.74) is 2.98. The molecule has 0 atom stereocenters. The van der Waals surface area contributed by atoms with E-state index in [1.165, 1.54) is 11.1 Å². The molecule has 15 heavy (non-hydrogen) atoms. The molecule has 1 aromatic rings. The third-order valence-electron chi connectivity index (χ3n) is 2.50. The largest absolute Gasteiger partial charge is 0.465 e. The summed E-state index contributed by atoms with van der Waals surface area (Å²) in [4.78, 5) is 0. The highest BCUT2D eigenvalue weighted by Crippen LogP contribution is 2.28. The number of benzene rings is 1. The molecule has 0 unspecified atom stereocenters. The summed E-state index contributed by atoms with van der Waals surface area (Å²) in [5.74, 6) is 1.03. The van der Waals surface area contributed by atoms with Gasteiger partial charge in [-0.25, -0.2) is 0 Å². The average Bonchev–Trinajstić information content (AvgIpc) is 2.15. The molecule has 0 saturated heterocycles. The molecule has 0 aromatic heterocycles.